The Labute approximate surface area is 192 Å². The monoisotopic (exact) mass is 450 g/mol. The molecule has 3 N–H and O–H groups in total. The van der Waals surface area contributed by atoms with Crippen LogP contribution in [0.3, 0.4) is 0 Å². The first-order valence-corrected chi connectivity index (χ1v) is 11.4. The number of aliphatic hydroxyl groups excluding tert-OH is 2. The van der Waals surface area contributed by atoms with Crippen LogP contribution in [0.2, 0.25) is 0 Å². The van der Waals surface area contributed by atoms with Crippen LogP contribution in [-0.4, -0.2) is 47.9 Å². The zero-order valence-electron chi connectivity index (χ0n) is 18.8. The molecule has 1 aromatic carbocycles. The van der Waals surface area contributed by atoms with E-state index in [0.29, 0.717) is 47.7 Å². The summed E-state index contributed by atoms with van der Waals surface area (Å²) in [6.45, 7) is 3.10. The van der Waals surface area contributed by atoms with Gasteiger partial charge in [-0.15, -0.1) is 10.2 Å². The number of rotatable bonds is 8. The fraction of sp³-hybridized carbons (Fsp3) is 0.458. The van der Waals surface area contributed by atoms with Crippen LogP contribution in [0.4, 0.5) is 0 Å². The molecular formula is C24H30N6O3. The van der Waals surface area contributed by atoms with Crippen molar-refractivity contribution in [1.29, 1.82) is 0 Å². The first-order chi connectivity index (χ1) is 16.0. The van der Waals surface area contributed by atoms with Crippen LogP contribution in [-0.2, 0) is 19.7 Å². The fourth-order valence-corrected chi connectivity index (χ4v) is 4.29. The van der Waals surface area contributed by atoms with Gasteiger partial charge in [-0.05, 0) is 72.9 Å². The van der Waals surface area contributed by atoms with Crippen LogP contribution in [0, 0.1) is 18.8 Å². The Balaban J connectivity index is 1.41. The highest BCUT2D eigenvalue weighted by molar-refractivity contribution is 5.93. The fourth-order valence-electron chi connectivity index (χ4n) is 4.29. The normalized spacial score (nSPS) is 18.3. The first kappa shape index (κ1) is 23.0. The Morgan fingerprint density at radius 1 is 1.09 bits per heavy atom. The van der Waals surface area contributed by atoms with E-state index in [9.17, 15) is 15.0 Å². The Morgan fingerprint density at radius 3 is 2.61 bits per heavy atom. The lowest BCUT2D eigenvalue weighted by Crippen LogP contribution is -2.24. The molecule has 0 atom stereocenters. The third-order valence-corrected chi connectivity index (χ3v) is 6.17. The summed E-state index contributed by atoms with van der Waals surface area (Å²) in [5.41, 5.74) is 3.39. The predicted octanol–water partition coefficient (Wildman–Crippen LogP) is 2.26. The maximum atomic E-state index is 12.7. The average Bonchev–Trinajstić information content (AvgIpc) is 3.31. The number of tetrazole rings is 1. The summed E-state index contributed by atoms with van der Waals surface area (Å²) >= 11 is 0. The summed E-state index contributed by atoms with van der Waals surface area (Å²) in [5.74, 6) is 1.08. The van der Waals surface area contributed by atoms with Crippen molar-refractivity contribution in [1.82, 2.24) is 30.5 Å². The largest absolute Gasteiger partial charge is 0.396 e. The van der Waals surface area contributed by atoms with Gasteiger partial charge in [-0.1, -0.05) is 24.3 Å². The van der Waals surface area contributed by atoms with Gasteiger partial charge in [0.1, 0.15) is 5.69 Å². The molecule has 4 rings (SSSR count). The molecule has 1 fully saturated rings. The van der Waals surface area contributed by atoms with E-state index in [-0.39, 0.29) is 19.1 Å². The zero-order valence-corrected chi connectivity index (χ0v) is 18.8. The quantitative estimate of drug-likeness (QED) is 0.480. The van der Waals surface area contributed by atoms with Crippen molar-refractivity contribution in [2.24, 2.45) is 11.8 Å². The zero-order chi connectivity index (χ0) is 23.2. The molecule has 3 aromatic rings. The molecule has 1 aliphatic carbocycles. The summed E-state index contributed by atoms with van der Waals surface area (Å²) in [4.78, 5) is 18.7. The minimum absolute atomic E-state index is 0.0395. The lowest BCUT2D eigenvalue weighted by atomic mass is 9.82. The lowest BCUT2D eigenvalue weighted by Gasteiger charge is -2.26. The summed E-state index contributed by atoms with van der Waals surface area (Å²) in [7, 11) is 0. The van der Waals surface area contributed by atoms with Crippen LogP contribution < -0.4 is 5.32 Å². The molecular weight excluding hydrogens is 420 g/mol. The van der Waals surface area contributed by atoms with E-state index in [1.54, 1.807) is 10.9 Å². The van der Waals surface area contributed by atoms with E-state index in [1.807, 2.05) is 37.3 Å². The summed E-state index contributed by atoms with van der Waals surface area (Å²) in [6, 6.07) is 11.0. The SMILES string of the molecule is Cc1cc(-c2nnn(C[C@H]3CC[C@H](CO)CC3)n2)cc(C(=O)NCc2cccc(CO)c2)n1. The number of aromatic nitrogens is 5. The van der Waals surface area contributed by atoms with Crippen molar-refractivity contribution in [3.05, 3.63) is 58.9 Å². The third kappa shape index (κ3) is 6.00. The predicted molar refractivity (Wildman–Crippen MR) is 122 cm³/mol. The Kier molecular flexibility index (Phi) is 7.41. The van der Waals surface area contributed by atoms with Gasteiger partial charge in [0, 0.05) is 24.4 Å². The molecule has 0 aliphatic heterocycles. The Bertz CT molecular complexity index is 1090. The average molecular weight is 451 g/mol. The van der Waals surface area contributed by atoms with E-state index in [4.69, 9.17) is 0 Å². The standard InChI is InChI=1S/C24H30N6O3/c1-16-9-21(23-27-29-30(28-23)13-17-5-7-18(14-31)8-6-17)11-22(26-16)24(33)25-12-19-3-2-4-20(10-19)15-32/h2-4,9-11,17-18,31-32H,5-8,12-15H2,1H3,(H,25,33)/t17-,18-. The number of benzene rings is 1. The van der Waals surface area contributed by atoms with Gasteiger partial charge >= 0.3 is 0 Å². The van der Waals surface area contributed by atoms with E-state index < -0.39 is 0 Å². The van der Waals surface area contributed by atoms with Gasteiger partial charge in [0.05, 0.1) is 13.2 Å². The molecule has 0 bridgehead atoms. The minimum atomic E-state index is -0.289. The van der Waals surface area contributed by atoms with Crippen molar-refractivity contribution in [3.63, 3.8) is 0 Å². The number of amides is 1. The summed E-state index contributed by atoms with van der Waals surface area (Å²) < 4.78 is 0. The van der Waals surface area contributed by atoms with Gasteiger partial charge in [0.25, 0.3) is 5.91 Å². The third-order valence-electron chi connectivity index (χ3n) is 6.17. The van der Waals surface area contributed by atoms with Crippen molar-refractivity contribution in [2.45, 2.75) is 52.3 Å². The maximum absolute atomic E-state index is 12.7. The molecule has 174 valence electrons. The number of aryl methyl sites for hydroxylation is 1. The second-order valence-corrected chi connectivity index (χ2v) is 8.78. The molecule has 1 aliphatic rings. The minimum Gasteiger partial charge on any atom is -0.396 e. The number of nitrogens with zero attached hydrogens (tertiary/aromatic N) is 5. The molecule has 9 nitrogen and oxygen atoms in total. The summed E-state index contributed by atoms with van der Waals surface area (Å²) in [5, 5.41) is 34.4. The second-order valence-electron chi connectivity index (χ2n) is 8.78. The van der Waals surface area contributed by atoms with Crippen molar-refractivity contribution >= 4 is 5.91 Å². The highest BCUT2D eigenvalue weighted by atomic mass is 16.3. The molecule has 33 heavy (non-hydrogen) atoms. The molecule has 2 aromatic heterocycles. The maximum Gasteiger partial charge on any atom is 0.270 e. The number of pyridine rings is 1. The van der Waals surface area contributed by atoms with Crippen molar-refractivity contribution in [3.8, 4) is 11.4 Å². The van der Waals surface area contributed by atoms with E-state index in [1.165, 1.54) is 0 Å². The van der Waals surface area contributed by atoms with Gasteiger partial charge in [0.2, 0.25) is 5.82 Å². The molecule has 0 spiro atoms. The number of nitrogens with one attached hydrogen (secondary N) is 1. The highest BCUT2D eigenvalue weighted by Gasteiger charge is 2.22. The summed E-state index contributed by atoms with van der Waals surface area (Å²) in [6.07, 6.45) is 4.19. The molecule has 9 heteroatoms. The lowest BCUT2D eigenvalue weighted by molar-refractivity contribution is 0.0945. The van der Waals surface area contributed by atoms with Crippen LogP contribution in [0.5, 0.6) is 0 Å². The van der Waals surface area contributed by atoms with Gasteiger partial charge in [-0.3, -0.25) is 4.79 Å². The highest BCUT2D eigenvalue weighted by Crippen LogP contribution is 2.29. The van der Waals surface area contributed by atoms with Gasteiger partial charge in [-0.2, -0.15) is 4.80 Å². The van der Waals surface area contributed by atoms with Crippen molar-refractivity contribution in [2.75, 3.05) is 6.61 Å². The number of carbonyl (C=O) groups is 1. The van der Waals surface area contributed by atoms with Crippen LogP contribution >= 0.6 is 0 Å². The molecule has 2 heterocycles. The second kappa shape index (κ2) is 10.6. The molecule has 0 radical (unpaired) electrons. The van der Waals surface area contributed by atoms with E-state index >= 15 is 0 Å². The number of hydrogen-bond acceptors (Lipinski definition) is 7. The van der Waals surface area contributed by atoms with Crippen LogP contribution in [0.25, 0.3) is 11.4 Å². The van der Waals surface area contributed by atoms with Crippen LogP contribution in [0.1, 0.15) is 53.0 Å². The number of aliphatic hydroxyl groups is 2. The van der Waals surface area contributed by atoms with Gasteiger partial charge in [-0.25, -0.2) is 4.98 Å². The van der Waals surface area contributed by atoms with Gasteiger partial charge in [0.15, 0.2) is 0 Å². The Morgan fingerprint density at radius 2 is 1.85 bits per heavy atom. The molecule has 0 saturated heterocycles. The van der Waals surface area contributed by atoms with Crippen LogP contribution in [0.15, 0.2) is 36.4 Å². The number of carbonyl (C=O) groups excluding carboxylic acids is 1. The van der Waals surface area contributed by atoms with E-state index in [2.05, 4.69) is 25.7 Å². The first-order valence-electron chi connectivity index (χ1n) is 11.4. The molecule has 1 saturated carbocycles. The molecule has 1 amide bonds. The topological polar surface area (TPSA) is 126 Å². The van der Waals surface area contributed by atoms with Gasteiger partial charge < -0.3 is 15.5 Å². The van der Waals surface area contributed by atoms with E-state index in [0.717, 1.165) is 36.8 Å². The Hall–Kier alpha value is -3.17. The van der Waals surface area contributed by atoms with Crippen molar-refractivity contribution < 1.29 is 15.0 Å². The number of hydrogen-bond donors (Lipinski definition) is 3. The molecule has 0 unspecified atom stereocenters. The smallest absolute Gasteiger partial charge is 0.270 e.